The maximum absolute atomic E-state index is 6.03. The molecule has 0 heterocycles. The molecular weight excluding hydrogens is 283 g/mol. The Bertz CT molecular complexity index is 390. The van der Waals surface area contributed by atoms with E-state index >= 15 is 0 Å². The minimum absolute atomic E-state index is 0.372. The Labute approximate surface area is 125 Å². The monoisotopic (exact) mass is 302 g/mol. The van der Waals surface area contributed by atoms with Crippen LogP contribution in [0.25, 0.3) is 0 Å². The van der Waals surface area contributed by atoms with Gasteiger partial charge in [0.2, 0.25) is 0 Å². The number of hydrogen-bond acceptors (Lipinski definition) is 2. The molecule has 1 aliphatic carbocycles. The van der Waals surface area contributed by atoms with Gasteiger partial charge in [-0.1, -0.05) is 30.9 Å². The van der Waals surface area contributed by atoms with E-state index in [1.165, 1.54) is 32.1 Å². The summed E-state index contributed by atoms with van der Waals surface area (Å²) in [6.07, 6.45) is 6.49. The summed E-state index contributed by atoms with van der Waals surface area (Å²) in [5, 5.41) is 0.623. The molecule has 0 aromatic heterocycles. The Hall–Kier alpha value is -0.600. The summed E-state index contributed by atoms with van der Waals surface area (Å²) in [4.78, 5) is 0. The van der Waals surface area contributed by atoms with Gasteiger partial charge < -0.3 is 9.47 Å². The summed E-state index contributed by atoms with van der Waals surface area (Å²) >= 11 is 12.0. The van der Waals surface area contributed by atoms with Crippen LogP contribution in [-0.2, 0) is 5.88 Å². The number of methoxy groups -OCH3 is 1. The van der Waals surface area contributed by atoms with Gasteiger partial charge in [-0.3, -0.25) is 0 Å². The van der Waals surface area contributed by atoms with Crippen molar-refractivity contribution < 1.29 is 9.47 Å². The van der Waals surface area contributed by atoms with E-state index in [1.807, 2.05) is 6.07 Å². The fraction of sp³-hybridized carbons (Fsp3) is 0.600. The molecular formula is C15H20Cl2O2. The summed E-state index contributed by atoms with van der Waals surface area (Å²) in [5.41, 5.74) is 0.891. The van der Waals surface area contributed by atoms with Crippen molar-refractivity contribution in [3.63, 3.8) is 0 Å². The van der Waals surface area contributed by atoms with Crippen molar-refractivity contribution in [2.45, 2.75) is 38.0 Å². The summed E-state index contributed by atoms with van der Waals surface area (Å²) in [5.74, 6) is 2.43. The lowest BCUT2D eigenvalue weighted by molar-refractivity contribution is 0.201. The Morgan fingerprint density at radius 2 is 1.95 bits per heavy atom. The predicted molar refractivity (Wildman–Crippen MR) is 79.6 cm³/mol. The van der Waals surface area contributed by atoms with Crippen LogP contribution in [0.4, 0.5) is 0 Å². The van der Waals surface area contributed by atoms with E-state index in [-0.39, 0.29) is 0 Å². The predicted octanol–water partition coefficient (Wildman–Crippen LogP) is 5.05. The van der Waals surface area contributed by atoms with Crippen molar-refractivity contribution in [3.8, 4) is 11.5 Å². The molecule has 1 aliphatic rings. The van der Waals surface area contributed by atoms with Crippen LogP contribution in [0.2, 0.25) is 5.02 Å². The third kappa shape index (κ3) is 3.93. The molecule has 1 aromatic rings. The van der Waals surface area contributed by atoms with Crippen molar-refractivity contribution >= 4 is 23.2 Å². The largest absolute Gasteiger partial charge is 0.493 e. The second kappa shape index (κ2) is 7.25. The molecule has 106 valence electrons. The molecule has 1 aromatic carbocycles. The SMILES string of the molecule is COc1cc(Cl)cc(CCl)c1OCC1CCCCC1. The van der Waals surface area contributed by atoms with Crippen molar-refractivity contribution in [2.24, 2.45) is 5.92 Å². The Kier molecular flexibility index (Phi) is 5.65. The average Bonchev–Trinajstić information content (AvgIpc) is 2.46. The van der Waals surface area contributed by atoms with E-state index in [0.717, 1.165) is 17.9 Å². The van der Waals surface area contributed by atoms with Gasteiger partial charge in [-0.25, -0.2) is 0 Å². The number of hydrogen-bond donors (Lipinski definition) is 0. The molecule has 0 N–H and O–H groups in total. The maximum Gasteiger partial charge on any atom is 0.165 e. The van der Waals surface area contributed by atoms with Crippen molar-refractivity contribution in [1.82, 2.24) is 0 Å². The van der Waals surface area contributed by atoms with Crippen LogP contribution in [0, 0.1) is 5.92 Å². The van der Waals surface area contributed by atoms with Crippen molar-refractivity contribution in [1.29, 1.82) is 0 Å². The zero-order valence-electron chi connectivity index (χ0n) is 11.3. The van der Waals surface area contributed by atoms with Crippen LogP contribution in [0.15, 0.2) is 12.1 Å². The van der Waals surface area contributed by atoms with E-state index in [1.54, 1.807) is 13.2 Å². The van der Waals surface area contributed by atoms with Crippen LogP contribution >= 0.6 is 23.2 Å². The normalized spacial score (nSPS) is 16.4. The summed E-state index contributed by atoms with van der Waals surface area (Å²) in [6, 6.07) is 3.61. The van der Waals surface area contributed by atoms with E-state index in [0.29, 0.717) is 22.6 Å². The highest BCUT2D eigenvalue weighted by molar-refractivity contribution is 6.31. The molecule has 0 spiro atoms. The fourth-order valence-corrected chi connectivity index (χ4v) is 3.02. The van der Waals surface area contributed by atoms with Crippen LogP contribution < -0.4 is 9.47 Å². The Balaban J connectivity index is 2.09. The fourth-order valence-electron chi connectivity index (χ4n) is 2.59. The molecule has 19 heavy (non-hydrogen) atoms. The molecule has 0 unspecified atom stereocenters. The second-order valence-electron chi connectivity index (χ2n) is 5.04. The smallest absolute Gasteiger partial charge is 0.165 e. The number of rotatable bonds is 5. The molecule has 0 radical (unpaired) electrons. The maximum atomic E-state index is 6.03. The molecule has 0 atom stereocenters. The lowest BCUT2D eigenvalue weighted by Gasteiger charge is -2.23. The van der Waals surface area contributed by atoms with Gasteiger partial charge in [0.15, 0.2) is 11.5 Å². The number of benzene rings is 1. The van der Waals surface area contributed by atoms with Gasteiger partial charge in [-0.2, -0.15) is 0 Å². The molecule has 0 aliphatic heterocycles. The third-order valence-corrected chi connectivity index (χ3v) is 4.15. The zero-order valence-corrected chi connectivity index (χ0v) is 12.8. The lowest BCUT2D eigenvalue weighted by Crippen LogP contribution is -2.16. The van der Waals surface area contributed by atoms with Crippen LogP contribution in [0.5, 0.6) is 11.5 Å². The Morgan fingerprint density at radius 3 is 2.58 bits per heavy atom. The second-order valence-corrected chi connectivity index (χ2v) is 5.75. The van der Waals surface area contributed by atoms with E-state index in [9.17, 15) is 0 Å². The van der Waals surface area contributed by atoms with Crippen molar-refractivity contribution in [2.75, 3.05) is 13.7 Å². The first-order valence-corrected chi connectivity index (χ1v) is 7.71. The van der Waals surface area contributed by atoms with E-state index in [2.05, 4.69) is 0 Å². The van der Waals surface area contributed by atoms with E-state index < -0.39 is 0 Å². The number of halogens is 2. The molecule has 1 saturated carbocycles. The summed E-state index contributed by atoms with van der Waals surface area (Å²) in [7, 11) is 1.62. The Morgan fingerprint density at radius 1 is 1.21 bits per heavy atom. The van der Waals surface area contributed by atoms with Gasteiger partial charge in [-0.15, -0.1) is 11.6 Å². The van der Waals surface area contributed by atoms with Crippen LogP contribution in [0.3, 0.4) is 0 Å². The number of alkyl halides is 1. The van der Waals surface area contributed by atoms with Gasteiger partial charge >= 0.3 is 0 Å². The summed E-state index contributed by atoms with van der Waals surface area (Å²) in [6.45, 7) is 0.738. The first-order chi connectivity index (χ1) is 9.24. The molecule has 0 bridgehead atoms. The first kappa shape index (κ1) is 14.8. The van der Waals surface area contributed by atoms with Crippen molar-refractivity contribution in [3.05, 3.63) is 22.7 Å². The van der Waals surface area contributed by atoms with Gasteiger partial charge in [0.05, 0.1) is 19.6 Å². The van der Waals surface area contributed by atoms with Gasteiger partial charge in [0.25, 0.3) is 0 Å². The number of ether oxygens (including phenoxy) is 2. The molecule has 4 heteroatoms. The highest BCUT2D eigenvalue weighted by Gasteiger charge is 2.17. The minimum atomic E-state index is 0.372. The topological polar surface area (TPSA) is 18.5 Å². The first-order valence-electron chi connectivity index (χ1n) is 6.79. The highest BCUT2D eigenvalue weighted by Crippen LogP contribution is 2.36. The van der Waals surface area contributed by atoms with E-state index in [4.69, 9.17) is 32.7 Å². The van der Waals surface area contributed by atoms with Gasteiger partial charge in [-0.05, 0) is 24.8 Å². The molecule has 2 nitrogen and oxygen atoms in total. The van der Waals surface area contributed by atoms with Crippen LogP contribution in [-0.4, -0.2) is 13.7 Å². The molecule has 0 saturated heterocycles. The molecule has 1 fully saturated rings. The minimum Gasteiger partial charge on any atom is -0.493 e. The third-order valence-electron chi connectivity index (χ3n) is 3.65. The van der Waals surface area contributed by atoms with Gasteiger partial charge in [0, 0.05) is 16.7 Å². The molecule has 0 amide bonds. The quantitative estimate of drug-likeness (QED) is 0.709. The van der Waals surface area contributed by atoms with Crippen LogP contribution in [0.1, 0.15) is 37.7 Å². The average molecular weight is 303 g/mol. The lowest BCUT2D eigenvalue weighted by atomic mass is 9.90. The molecule has 2 rings (SSSR count). The summed E-state index contributed by atoms with van der Waals surface area (Å²) < 4.78 is 11.3. The van der Waals surface area contributed by atoms with Gasteiger partial charge in [0.1, 0.15) is 0 Å². The highest BCUT2D eigenvalue weighted by atomic mass is 35.5. The standard InChI is InChI=1S/C15H20Cl2O2/c1-18-14-8-13(17)7-12(9-16)15(14)19-10-11-5-3-2-4-6-11/h7-8,11H,2-6,9-10H2,1H3. The zero-order chi connectivity index (χ0) is 13.7.